The van der Waals surface area contributed by atoms with E-state index in [1.54, 1.807) is 0 Å². The van der Waals surface area contributed by atoms with Gasteiger partial charge in [0, 0.05) is 32.0 Å². The van der Waals surface area contributed by atoms with Crippen molar-refractivity contribution in [2.75, 3.05) is 13.1 Å². The van der Waals surface area contributed by atoms with Gasteiger partial charge in [-0.15, -0.1) is 0 Å². The number of hydrogen-bond donors (Lipinski definition) is 1. The molecule has 0 saturated carbocycles. The molecule has 0 unspecified atom stereocenters. The Morgan fingerprint density at radius 2 is 2.38 bits per heavy atom. The minimum atomic E-state index is -0.114. The second-order valence-corrected chi connectivity index (χ2v) is 3.65. The van der Waals surface area contributed by atoms with Gasteiger partial charge in [-0.3, -0.25) is 9.88 Å². The van der Waals surface area contributed by atoms with Crippen LogP contribution in [-0.2, 0) is 6.54 Å². The second kappa shape index (κ2) is 3.44. The molecule has 1 aliphatic rings. The summed E-state index contributed by atoms with van der Waals surface area (Å²) in [5.41, 5.74) is 2.53. The third-order valence-corrected chi connectivity index (χ3v) is 2.48. The molecule has 1 aromatic heterocycles. The van der Waals surface area contributed by atoms with Gasteiger partial charge in [-0.1, -0.05) is 0 Å². The average Bonchev–Trinajstić information content (AvgIpc) is 2.06. The van der Waals surface area contributed by atoms with Crippen LogP contribution in [0.3, 0.4) is 0 Å². The predicted octanol–water partition coefficient (Wildman–Crippen LogP) is 0.567. The third-order valence-electron chi connectivity index (χ3n) is 2.48. The molecule has 13 heavy (non-hydrogen) atoms. The molecule has 0 aromatic carbocycles. The van der Waals surface area contributed by atoms with E-state index in [0.717, 1.165) is 19.6 Å². The van der Waals surface area contributed by atoms with Gasteiger partial charge in [0.05, 0.1) is 6.10 Å². The quantitative estimate of drug-likeness (QED) is 0.719. The summed E-state index contributed by atoms with van der Waals surface area (Å²) >= 11 is 0. The summed E-state index contributed by atoms with van der Waals surface area (Å²) in [6, 6.07) is 2.02. The number of pyridine rings is 1. The molecule has 0 amide bonds. The Morgan fingerprint density at radius 1 is 1.62 bits per heavy atom. The first-order chi connectivity index (χ1) is 6.25. The van der Waals surface area contributed by atoms with E-state index in [-0.39, 0.29) is 6.10 Å². The van der Waals surface area contributed by atoms with Gasteiger partial charge in [0.25, 0.3) is 0 Å². The Bertz CT molecular complexity index is 295. The van der Waals surface area contributed by atoms with E-state index in [2.05, 4.69) is 16.8 Å². The van der Waals surface area contributed by atoms with E-state index in [1.165, 1.54) is 11.1 Å². The third kappa shape index (κ3) is 1.87. The van der Waals surface area contributed by atoms with Crippen LogP contribution in [0, 0.1) is 6.92 Å². The van der Waals surface area contributed by atoms with Crippen molar-refractivity contribution in [2.24, 2.45) is 0 Å². The van der Waals surface area contributed by atoms with Crippen molar-refractivity contribution in [2.45, 2.75) is 19.6 Å². The van der Waals surface area contributed by atoms with Crippen LogP contribution < -0.4 is 0 Å². The fourth-order valence-corrected chi connectivity index (χ4v) is 1.57. The molecule has 0 radical (unpaired) electrons. The number of likely N-dealkylation sites (tertiary alicyclic amines) is 1. The molecule has 3 heteroatoms. The highest BCUT2D eigenvalue weighted by Gasteiger charge is 2.24. The van der Waals surface area contributed by atoms with Gasteiger partial charge >= 0.3 is 0 Å². The lowest BCUT2D eigenvalue weighted by molar-refractivity contribution is -0.00302. The Kier molecular flexibility index (Phi) is 2.29. The minimum absolute atomic E-state index is 0.114. The Hall–Kier alpha value is -0.930. The van der Waals surface area contributed by atoms with Gasteiger partial charge in [-0.05, 0) is 24.1 Å². The van der Waals surface area contributed by atoms with Gasteiger partial charge in [-0.25, -0.2) is 0 Å². The SMILES string of the molecule is Cc1ccncc1CN1CC(O)C1. The van der Waals surface area contributed by atoms with Crippen LogP contribution in [0.1, 0.15) is 11.1 Å². The van der Waals surface area contributed by atoms with Gasteiger partial charge in [-0.2, -0.15) is 0 Å². The molecule has 1 aliphatic heterocycles. The van der Waals surface area contributed by atoms with E-state index in [0.29, 0.717) is 0 Å². The molecule has 1 fully saturated rings. The van der Waals surface area contributed by atoms with E-state index in [1.807, 2.05) is 18.5 Å². The second-order valence-electron chi connectivity index (χ2n) is 3.65. The molecule has 0 aliphatic carbocycles. The van der Waals surface area contributed by atoms with Crippen molar-refractivity contribution >= 4 is 0 Å². The average molecular weight is 178 g/mol. The zero-order chi connectivity index (χ0) is 9.26. The van der Waals surface area contributed by atoms with E-state index < -0.39 is 0 Å². The summed E-state index contributed by atoms with van der Waals surface area (Å²) in [4.78, 5) is 6.30. The van der Waals surface area contributed by atoms with Crippen molar-refractivity contribution in [1.82, 2.24) is 9.88 Å². The number of aliphatic hydroxyl groups excluding tert-OH is 1. The molecule has 1 saturated heterocycles. The molecule has 0 atom stereocenters. The van der Waals surface area contributed by atoms with Crippen molar-refractivity contribution in [1.29, 1.82) is 0 Å². The van der Waals surface area contributed by atoms with Crippen molar-refractivity contribution < 1.29 is 5.11 Å². The molecule has 1 N–H and O–H groups in total. The zero-order valence-electron chi connectivity index (χ0n) is 7.77. The molecule has 1 aromatic rings. The van der Waals surface area contributed by atoms with Crippen LogP contribution in [0.2, 0.25) is 0 Å². The van der Waals surface area contributed by atoms with E-state index in [9.17, 15) is 0 Å². The number of aliphatic hydroxyl groups is 1. The Balaban J connectivity index is 1.98. The standard InChI is InChI=1S/C10H14N2O/c1-8-2-3-11-4-9(8)5-12-6-10(13)7-12/h2-4,10,13H,5-7H2,1H3. The molecule has 2 heterocycles. The molecule has 0 bridgehead atoms. The predicted molar refractivity (Wildman–Crippen MR) is 50.3 cm³/mol. The first-order valence-corrected chi connectivity index (χ1v) is 4.55. The lowest BCUT2D eigenvalue weighted by Gasteiger charge is -2.35. The Labute approximate surface area is 78.0 Å². The molecule has 2 rings (SSSR count). The molecule has 70 valence electrons. The topological polar surface area (TPSA) is 36.4 Å². The van der Waals surface area contributed by atoms with Crippen LogP contribution in [0.5, 0.6) is 0 Å². The number of hydrogen-bond acceptors (Lipinski definition) is 3. The molecular formula is C10H14N2O. The lowest BCUT2D eigenvalue weighted by Crippen LogP contribution is -2.49. The number of aromatic nitrogens is 1. The highest BCUT2D eigenvalue weighted by Crippen LogP contribution is 2.14. The first-order valence-electron chi connectivity index (χ1n) is 4.55. The maximum Gasteiger partial charge on any atom is 0.0794 e. The minimum Gasteiger partial charge on any atom is -0.390 e. The zero-order valence-corrected chi connectivity index (χ0v) is 7.77. The maximum absolute atomic E-state index is 9.11. The summed E-state index contributed by atoms with van der Waals surface area (Å²) in [7, 11) is 0. The van der Waals surface area contributed by atoms with Gasteiger partial charge in [0.1, 0.15) is 0 Å². The molecule has 3 nitrogen and oxygen atoms in total. The van der Waals surface area contributed by atoms with E-state index >= 15 is 0 Å². The van der Waals surface area contributed by atoms with Gasteiger partial charge in [0.15, 0.2) is 0 Å². The number of aryl methyl sites for hydroxylation is 1. The van der Waals surface area contributed by atoms with Crippen molar-refractivity contribution in [3.8, 4) is 0 Å². The summed E-state index contributed by atoms with van der Waals surface area (Å²) < 4.78 is 0. The highest BCUT2D eigenvalue weighted by molar-refractivity contribution is 5.21. The highest BCUT2D eigenvalue weighted by atomic mass is 16.3. The lowest BCUT2D eigenvalue weighted by atomic mass is 10.1. The summed E-state index contributed by atoms with van der Waals surface area (Å²) in [5, 5.41) is 9.11. The van der Waals surface area contributed by atoms with Crippen molar-refractivity contribution in [3.63, 3.8) is 0 Å². The fraction of sp³-hybridized carbons (Fsp3) is 0.500. The number of rotatable bonds is 2. The van der Waals surface area contributed by atoms with Crippen LogP contribution in [-0.4, -0.2) is 34.2 Å². The van der Waals surface area contributed by atoms with Crippen LogP contribution in [0.4, 0.5) is 0 Å². The number of β-amino-alcohol motifs (C(OH)–C–C–N with tert-alkyl or cyclic N) is 1. The fourth-order valence-electron chi connectivity index (χ4n) is 1.57. The Morgan fingerprint density at radius 3 is 3.00 bits per heavy atom. The molecular weight excluding hydrogens is 164 g/mol. The maximum atomic E-state index is 9.11. The van der Waals surface area contributed by atoms with Crippen LogP contribution in [0.25, 0.3) is 0 Å². The smallest absolute Gasteiger partial charge is 0.0794 e. The van der Waals surface area contributed by atoms with Crippen LogP contribution >= 0.6 is 0 Å². The monoisotopic (exact) mass is 178 g/mol. The largest absolute Gasteiger partial charge is 0.390 e. The molecule has 0 spiro atoms. The van der Waals surface area contributed by atoms with E-state index in [4.69, 9.17) is 5.11 Å². The first kappa shape index (κ1) is 8.66. The van der Waals surface area contributed by atoms with Crippen LogP contribution in [0.15, 0.2) is 18.5 Å². The normalized spacial score (nSPS) is 18.6. The van der Waals surface area contributed by atoms with Gasteiger partial charge in [0.2, 0.25) is 0 Å². The van der Waals surface area contributed by atoms with Gasteiger partial charge < -0.3 is 5.11 Å². The van der Waals surface area contributed by atoms with Crippen molar-refractivity contribution in [3.05, 3.63) is 29.6 Å². The number of nitrogens with zero attached hydrogens (tertiary/aromatic N) is 2. The summed E-state index contributed by atoms with van der Waals surface area (Å²) in [6.07, 6.45) is 3.60. The summed E-state index contributed by atoms with van der Waals surface area (Å²) in [5.74, 6) is 0. The summed E-state index contributed by atoms with van der Waals surface area (Å²) in [6.45, 7) is 4.60.